The second kappa shape index (κ2) is 5.04. The number of ether oxygens (including phenoxy) is 2. The third kappa shape index (κ3) is 2.20. The fourth-order valence-electron chi connectivity index (χ4n) is 3.49. The molecule has 3 unspecified atom stereocenters. The van der Waals surface area contributed by atoms with Gasteiger partial charge in [0.2, 0.25) is 0 Å². The number of methoxy groups -OCH3 is 1. The van der Waals surface area contributed by atoms with Crippen molar-refractivity contribution in [1.82, 2.24) is 5.32 Å². The molecule has 0 aromatic heterocycles. The van der Waals surface area contributed by atoms with Gasteiger partial charge >= 0.3 is 0 Å². The minimum absolute atomic E-state index is 0.290. The highest BCUT2D eigenvalue weighted by Gasteiger charge is 2.31. The van der Waals surface area contributed by atoms with E-state index < -0.39 is 0 Å². The first-order valence-corrected chi connectivity index (χ1v) is 7.33. The van der Waals surface area contributed by atoms with E-state index in [4.69, 9.17) is 9.47 Å². The fourth-order valence-corrected chi connectivity index (χ4v) is 3.49. The van der Waals surface area contributed by atoms with Gasteiger partial charge in [0.15, 0.2) is 0 Å². The molecule has 0 bridgehead atoms. The van der Waals surface area contributed by atoms with E-state index >= 15 is 0 Å². The van der Waals surface area contributed by atoms with Gasteiger partial charge in [-0.1, -0.05) is 6.92 Å². The summed E-state index contributed by atoms with van der Waals surface area (Å²) in [6.45, 7) is 5.47. The summed E-state index contributed by atoms with van der Waals surface area (Å²) in [5.41, 5.74) is 2.60. The molecule has 0 saturated carbocycles. The Morgan fingerprint density at radius 1 is 1.42 bits per heavy atom. The third-order valence-corrected chi connectivity index (χ3v) is 4.44. The second-order valence-electron chi connectivity index (χ2n) is 5.70. The summed E-state index contributed by atoms with van der Waals surface area (Å²) >= 11 is 0. The van der Waals surface area contributed by atoms with E-state index in [2.05, 4.69) is 31.3 Å². The first-order chi connectivity index (χ1) is 9.22. The molecule has 3 heteroatoms. The van der Waals surface area contributed by atoms with Crippen LogP contribution in [0, 0.1) is 0 Å². The molecule has 3 atom stereocenters. The van der Waals surface area contributed by atoms with Crippen LogP contribution >= 0.6 is 0 Å². The quantitative estimate of drug-likeness (QED) is 0.907. The topological polar surface area (TPSA) is 30.5 Å². The smallest absolute Gasteiger partial charge is 0.123 e. The first kappa shape index (κ1) is 12.8. The molecule has 1 fully saturated rings. The normalized spacial score (nSPS) is 29.1. The van der Waals surface area contributed by atoms with Crippen molar-refractivity contribution in [2.45, 2.75) is 51.2 Å². The molecule has 3 nitrogen and oxygen atoms in total. The lowest BCUT2D eigenvalue weighted by Crippen LogP contribution is -2.25. The maximum absolute atomic E-state index is 5.90. The molecular weight excluding hydrogens is 238 g/mol. The van der Waals surface area contributed by atoms with Crippen LogP contribution in [0.1, 0.15) is 43.7 Å². The summed E-state index contributed by atoms with van der Waals surface area (Å²) < 4.78 is 11.5. The van der Waals surface area contributed by atoms with Crippen LogP contribution in [0.4, 0.5) is 0 Å². The van der Waals surface area contributed by atoms with Crippen molar-refractivity contribution in [3.63, 3.8) is 0 Å². The summed E-state index contributed by atoms with van der Waals surface area (Å²) in [5, 5.41) is 3.59. The van der Waals surface area contributed by atoms with Gasteiger partial charge in [0.1, 0.15) is 17.6 Å². The van der Waals surface area contributed by atoms with Gasteiger partial charge in [0, 0.05) is 29.5 Å². The number of hydrogen-bond acceptors (Lipinski definition) is 3. The number of rotatable bonds is 3. The zero-order valence-electron chi connectivity index (χ0n) is 12.0. The lowest BCUT2D eigenvalue weighted by molar-refractivity contribution is 0.254. The van der Waals surface area contributed by atoms with E-state index in [1.165, 1.54) is 17.5 Å². The Balaban J connectivity index is 1.99. The van der Waals surface area contributed by atoms with Gasteiger partial charge in [-0.25, -0.2) is 0 Å². The monoisotopic (exact) mass is 261 g/mol. The Hall–Kier alpha value is -1.22. The standard InChI is InChI=1S/C16H23NO2/c1-4-14-12(5-6-17-14)13-9-15-11(7-10(2)19-15)8-16(13)18-3/h8-10,12,14,17H,4-7H2,1-3H3. The Bertz CT molecular complexity index is 472. The van der Waals surface area contributed by atoms with Gasteiger partial charge in [-0.15, -0.1) is 0 Å². The van der Waals surface area contributed by atoms with Crippen LogP contribution in [0.3, 0.4) is 0 Å². The van der Waals surface area contributed by atoms with E-state index in [0.717, 1.165) is 30.9 Å². The average Bonchev–Trinajstić information content (AvgIpc) is 3.00. The van der Waals surface area contributed by atoms with Gasteiger partial charge in [-0.3, -0.25) is 0 Å². The number of nitrogens with one attached hydrogen (secondary N) is 1. The van der Waals surface area contributed by atoms with Crippen molar-refractivity contribution in [1.29, 1.82) is 0 Å². The number of hydrogen-bond donors (Lipinski definition) is 1. The predicted molar refractivity (Wildman–Crippen MR) is 76.2 cm³/mol. The summed E-state index contributed by atoms with van der Waals surface area (Å²) in [4.78, 5) is 0. The molecule has 0 radical (unpaired) electrons. The largest absolute Gasteiger partial charge is 0.496 e. The van der Waals surface area contributed by atoms with Crippen LogP contribution in [0.15, 0.2) is 12.1 Å². The summed E-state index contributed by atoms with van der Waals surface area (Å²) in [5.74, 6) is 2.64. The third-order valence-electron chi connectivity index (χ3n) is 4.44. The molecule has 19 heavy (non-hydrogen) atoms. The minimum Gasteiger partial charge on any atom is -0.496 e. The van der Waals surface area contributed by atoms with Crippen LogP contribution in [-0.4, -0.2) is 25.8 Å². The van der Waals surface area contributed by atoms with Crippen molar-refractivity contribution in [2.24, 2.45) is 0 Å². The van der Waals surface area contributed by atoms with Crippen LogP contribution < -0.4 is 14.8 Å². The van der Waals surface area contributed by atoms with Crippen molar-refractivity contribution in [3.8, 4) is 11.5 Å². The zero-order chi connectivity index (χ0) is 13.4. The van der Waals surface area contributed by atoms with Crippen molar-refractivity contribution in [2.75, 3.05) is 13.7 Å². The molecule has 0 aliphatic carbocycles. The fraction of sp³-hybridized carbons (Fsp3) is 0.625. The SMILES string of the molecule is CCC1NCCC1c1cc2c(cc1OC)CC(C)O2. The Kier molecular flexibility index (Phi) is 3.40. The Morgan fingerprint density at radius 2 is 2.26 bits per heavy atom. The maximum atomic E-state index is 5.90. The second-order valence-corrected chi connectivity index (χ2v) is 5.70. The van der Waals surface area contributed by atoms with Gasteiger partial charge < -0.3 is 14.8 Å². The molecule has 1 aromatic rings. The minimum atomic E-state index is 0.290. The van der Waals surface area contributed by atoms with E-state index in [-0.39, 0.29) is 0 Å². The van der Waals surface area contributed by atoms with E-state index in [1.54, 1.807) is 7.11 Å². The van der Waals surface area contributed by atoms with Gasteiger partial charge in [0.05, 0.1) is 7.11 Å². The van der Waals surface area contributed by atoms with Crippen molar-refractivity contribution >= 4 is 0 Å². The average molecular weight is 261 g/mol. The molecule has 0 amide bonds. The highest BCUT2D eigenvalue weighted by Crippen LogP contribution is 2.41. The summed E-state index contributed by atoms with van der Waals surface area (Å²) in [6.07, 6.45) is 3.62. The molecular formula is C16H23NO2. The molecule has 2 heterocycles. The van der Waals surface area contributed by atoms with Crippen LogP contribution in [0.5, 0.6) is 11.5 Å². The molecule has 2 aliphatic rings. The van der Waals surface area contributed by atoms with E-state index in [0.29, 0.717) is 18.1 Å². The predicted octanol–water partition coefficient (Wildman–Crippen LogP) is 2.87. The van der Waals surface area contributed by atoms with Crippen LogP contribution in [-0.2, 0) is 6.42 Å². The highest BCUT2D eigenvalue weighted by molar-refractivity contribution is 5.50. The number of benzene rings is 1. The lowest BCUT2D eigenvalue weighted by atomic mass is 9.89. The Labute approximate surface area is 115 Å². The van der Waals surface area contributed by atoms with Gasteiger partial charge in [-0.2, -0.15) is 0 Å². The van der Waals surface area contributed by atoms with Crippen LogP contribution in [0.25, 0.3) is 0 Å². The molecule has 2 aliphatic heterocycles. The first-order valence-electron chi connectivity index (χ1n) is 7.33. The maximum Gasteiger partial charge on any atom is 0.123 e. The summed E-state index contributed by atoms with van der Waals surface area (Å²) in [6, 6.07) is 4.96. The van der Waals surface area contributed by atoms with Gasteiger partial charge in [-0.05, 0) is 38.4 Å². The van der Waals surface area contributed by atoms with E-state index in [9.17, 15) is 0 Å². The lowest BCUT2D eigenvalue weighted by Gasteiger charge is -2.21. The number of fused-ring (bicyclic) bond motifs is 1. The molecule has 1 aromatic carbocycles. The molecule has 3 rings (SSSR count). The molecule has 0 spiro atoms. The zero-order valence-corrected chi connectivity index (χ0v) is 12.0. The van der Waals surface area contributed by atoms with Crippen molar-refractivity contribution in [3.05, 3.63) is 23.3 Å². The highest BCUT2D eigenvalue weighted by atomic mass is 16.5. The van der Waals surface area contributed by atoms with Crippen LogP contribution in [0.2, 0.25) is 0 Å². The van der Waals surface area contributed by atoms with Crippen molar-refractivity contribution < 1.29 is 9.47 Å². The molecule has 104 valence electrons. The Morgan fingerprint density at radius 3 is 3.00 bits per heavy atom. The van der Waals surface area contributed by atoms with E-state index in [1.807, 2.05) is 0 Å². The molecule has 1 saturated heterocycles. The molecule has 1 N–H and O–H groups in total. The van der Waals surface area contributed by atoms with Gasteiger partial charge in [0.25, 0.3) is 0 Å². The summed E-state index contributed by atoms with van der Waals surface area (Å²) in [7, 11) is 1.77.